The number of nitrogens with zero attached hydrogens (tertiary/aromatic N) is 3. The third-order valence-electron chi connectivity index (χ3n) is 4.58. The molecule has 0 unspecified atom stereocenters. The summed E-state index contributed by atoms with van der Waals surface area (Å²) in [4.78, 5) is 14.8. The summed E-state index contributed by atoms with van der Waals surface area (Å²) in [5.41, 5.74) is 7.87. The molecule has 0 bridgehead atoms. The fourth-order valence-electron chi connectivity index (χ4n) is 3.11. The summed E-state index contributed by atoms with van der Waals surface area (Å²) < 4.78 is 7.58. The summed E-state index contributed by atoms with van der Waals surface area (Å²) in [6, 6.07) is 9.84. The molecule has 1 saturated heterocycles. The normalized spacial score (nSPS) is 15.5. The Balaban J connectivity index is 1.62. The minimum atomic E-state index is 0.0556. The smallest absolute Gasteiger partial charge is 0.257 e. The van der Waals surface area contributed by atoms with Gasteiger partial charge in [-0.2, -0.15) is 5.10 Å². The molecule has 0 radical (unpaired) electrons. The molecule has 2 aromatic rings. The molecule has 1 aromatic heterocycles. The molecule has 0 spiro atoms. The van der Waals surface area contributed by atoms with E-state index in [1.807, 2.05) is 48.4 Å². The van der Waals surface area contributed by atoms with Crippen LogP contribution in [0.1, 0.15) is 35.3 Å². The Hall–Kier alpha value is -2.18. The van der Waals surface area contributed by atoms with Gasteiger partial charge in [0.05, 0.1) is 23.0 Å². The third kappa shape index (κ3) is 4.27. The second kappa shape index (κ2) is 8.27. The zero-order chi connectivity index (χ0) is 17.6. The van der Waals surface area contributed by atoms with E-state index in [9.17, 15) is 4.79 Å². The van der Waals surface area contributed by atoms with Crippen LogP contribution in [-0.4, -0.2) is 52.9 Å². The van der Waals surface area contributed by atoms with E-state index in [0.29, 0.717) is 18.7 Å². The lowest BCUT2D eigenvalue weighted by atomic mass is 10.1. The molecular weight excluding hydrogens is 316 g/mol. The van der Waals surface area contributed by atoms with Gasteiger partial charge in [-0.25, -0.2) is 4.68 Å². The van der Waals surface area contributed by atoms with Gasteiger partial charge in [-0.05, 0) is 44.9 Å². The maximum absolute atomic E-state index is 12.8. The lowest BCUT2D eigenvalue weighted by Gasteiger charge is -2.31. The van der Waals surface area contributed by atoms with Gasteiger partial charge in [0.2, 0.25) is 0 Å². The highest BCUT2D eigenvalue weighted by Crippen LogP contribution is 2.19. The molecule has 1 aliphatic heterocycles. The van der Waals surface area contributed by atoms with Crippen LogP contribution < -0.4 is 5.73 Å². The van der Waals surface area contributed by atoms with E-state index in [4.69, 9.17) is 10.5 Å². The maximum atomic E-state index is 12.8. The molecule has 134 valence electrons. The highest BCUT2D eigenvalue weighted by atomic mass is 16.5. The van der Waals surface area contributed by atoms with Gasteiger partial charge >= 0.3 is 0 Å². The van der Waals surface area contributed by atoms with E-state index < -0.39 is 0 Å². The predicted molar refractivity (Wildman–Crippen MR) is 96.8 cm³/mol. The molecule has 0 saturated carbocycles. The molecule has 1 fully saturated rings. The van der Waals surface area contributed by atoms with Gasteiger partial charge in [0.25, 0.3) is 5.91 Å². The third-order valence-corrected chi connectivity index (χ3v) is 4.58. The molecule has 1 aliphatic rings. The van der Waals surface area contributed by atoms with Crippen molar-refractivity contribution in [1.29, 1.82) is 0 Å². The zero-order valence-corrected chi connectivity index (χ0v) is 14.7. The number of likely N-dealkylation sites (tertiary alicyclic amines) is 1. The van der Waals surface area contributed by atoms with Gasteiger partial charge in [-0.15, -0.1) is 0 Å². The average molecular weight is 342 g/mol. The number of amides is 1. The van der Waals surface area contributed by atoms with Crippen molar-refractivity contribution in [2.45, 2.75) is 32.3 Å². The topological polar surface area (TPSA) is 73.4 Å². The highest BCUT2D eigenvalue weighted by molar-refractivity contribution is 5.95. The molecule has 6 heteroatoms. The van der Waals surface area contributed by atoms with E-state index in [1.54, 1.807) is 4.68 Å². The van der Waals surface area contributed by atoms with Crippen molar-refractivity contribution < 1.29 is 9.53 Å². The molecule has 2 N–H and O–H groups in total. The van der Waals surface area contributed by atoms with Crippen molar-refractivity contribution in [3.63, 3.8) is 0 Å². The molecule has 1 amide bonds. The average Bonchev–Trinajstić information content (AvgIpc) is 3.04. The number of benzene rings is 1. The van der Waals surface area contributed by atoms with Crippen molar-refractivity contribution in [2.24, 2.45) is 5.73 Å². The van der Waals surface area contributed by atoms with E-state index >= 15 is 0 Å². The Morgan fingerprint density at radius 1 is 1.28 bits per heavy atom. The van der Waals surface area contributed by atoms with Gasteiger partial charge in [-0.1, -0.05) is 18.2 Å². The van der Waals surface area contributed by atoms with Gasteiger partial charge in [0.1, 0.15) is 0 Å². The van der Waals surface area contributed by atoms with Crippen molar-refractivity contribution in [2.75, 3.05) is 26.2 Å². The fourth-order valence-corrected chi connectivity index (χ4v) is 3.11. The number of aromatic nitrogens is 2. The monoisotopic (exact) mass is 342 g/mol. The first-order valence-corrected chi connectivity index (χ1v) is 8.91. The van der Waals surface area contributed by atoms with Crippen molar-refractivity contribution in [3.05, 3.63) is 47.8 Å². The van der Waals surface area contributed by atoms with Gasteiger partial charge in [0.15, 0.2) is 0 Å². The number of hydrogen-bond donors (Lipinski definition) is 1. The Bertz CT molecular complexity index is 691. The molecular formula is C19H26N4O2. The lowest BCUT2D eigenvalue weighted by molar-refractivity contribution is 0.00843. The van der Waals surface area contributed by atoms with Crippen LogP contribution in [0.4, 0.5) is 0 Å². The molecule has 0 aliphatic carbocycles. The summed E-state index contributed by atoms with van der Waals surface area (Å²) in [6.07, 6.45) is 4.71. The Kier molecular flexibility index (Phi) is 5.83. The van der Waals surface area contributed by atoms with Crippen LogP contribution >= 0.6 is 0 Å². The minimum Gasteiger partial charge on any atom is -0.378 e. The zero-order valence-electron chi connectivity index (χ0n) is 14.7. The van der Waals surface area contributed by atoms with Gasteiger partial charge in [-0.3, -0.25) is 4.79 Å². The fraction of sp³-hybridized carbons (Fsp3) is 0.474. The van der Waals surface area contributed by atoms with Crippen LogP contribution in [0.3, 0.4) is 0 Å². The lowest BCUT2D eigenvalue weighted by Crippen LogP contribution is -2.41. The number of aryl methyl sites for hydroxylation is 1. The first-order chi connectivity index (χ1) is 12.2. The summed E-state index contributed by atoms with van der Waals surface area (Å²) in [6.45, 7) is 4.69. The first-order valence-electron chi connectivity index (χ1n) is 8.91. The number of nitrogens with two attached hydrogens (primary N) is 1. The first kappa shape index (κ1) is 17.6. The number of ether oxygens (including phenoxy) is 1. The van der Waals surface area contributed by atoms with E-state index in [-0.39, 0.29) is 12.0 Å². The van der Waals surface area contributed by atoms with Crippen molar-refractivity contribution in [3.8, 4) is 5.69 Å². The van der Waals surface area contributed by atoms with Crippen molar-refractivity contribution >= 4 is 5.91 Å². The number of rotatable bonds is 6. The standard InChI is InChI=1S/C19H26N4O2/c1-15-18(14-23(21-15)16-6-3-2-4-7-16)19(24)22-11-8-17(9-12-22)25-13-5-10-20/h2-4,6-7,14,17H,5,8-13,20H2,1H3. The summed E-state index contributed by atoms with van der Waals surface area (Å²) >= 11 is 0. The van der Waals surface area contributed by atoms with Crippen LogP contribution in [0.5, 0.6) is 0 Å². The van der Waals surface area contributed by atoms with Crippen LogP contribution in [0.25, 0.3) is 5.69 Å². The molecule has 3 rings (SSSR count). The van der Waals surface area contributed by atoms with E-state index in [1.165, 1.54) is 0 Å². The number of carbonyl (C=O) groups is 1. The number of para-hydroxylation sites is 1. The van der Waals surface area contributed by atoms with E-state index in [0.717, 1.165) is 43.7 Å². The molecule has 2 heterocycles. The van der Waals surface area contributed by atoms with Gasteiger partial charge < -0.3 is 15.4 Å². The highest BCUT2D eigenvalue weighted by Gasteiger charge is 2.26. The number of hydrogen-bond acceptors (Lipinski definition) is 4. The predicted octanol–water partition coefficient (Wildman–Crippen LogP) is 2.15. The Labute approximate surface area is 148 Å². The Morgan fingerprint density at radius 2 is 2.00 bits per heavy atom. The van der Waals surface area contributed by atoms with Crippen LogP contribution in [-0.2, 0) is 4.74 Å². The summed E-state index contributed by atoms with van der Waals surface area (Å²) in [5, 5.41) is 4.49. The molecule has 25 heavy (non-hydrogen) atoms. The van der Waals surface area contributed by atoms with Crippen LogP contribution in [0.15, 0.2) is 36.5 Å². The second-order valence-corrected chi connectivity index (χ2v) is 6.41. The van der Waals surface area contributed by atoms with Crippen LogP contribution in [0, 0.1) is 6.92 Å². The molecule has 0 atom stereocenters. The second-order valence-electron chi connectivity index (χ2n) is 6.41. The number of piperidine rings is 1. The maximum Gasteiger partial charge on any atom is 0.257 e. The van der Waals surface area contributed by atoms with Crippen molar-refractivity contribution in [1.82, 2.24) is 14.7 Å². The van der Waals surface area contributed by atoms with Crippen LogP contribution in [0.2, 0.25) is 0 Å². The summed E-state index contributed by atoms with van der Waals surface area (Å²) in [7, 11) is 0. The van der Waals surface area contributed by atoms with Gasteiger partial charge in [0, 0.05) is 25.9 Å². The number of carbonyl (C=O) groups excluding carboxylic acids is 1. The van der Waals surface area contributed by atoms with E-state index in [2.05, 4.69) is 5.10 Å². The molecule has 1 aromatic carbocycles. The largest absolute Gasteiger partial charge is 0.378 e. The SMILES string of the molecule is Cc1nn(-c2ccccc2)cc1C(=O)N1CCC(OCCCN)CC1. The summed E-state index contributed by atoms with van der Waals surface area (Å²) in [5.74, 6) is 0.0556. The quantitative estimate of drug-likeness (QED) is 0.817. The minimum absolute atomic E-state index is 0.0556. The molecule has 6 nitrogen and oxygen atoms in total. The Morgan fingerprint density at radius 3 is 2.68 bits per heavy atom.